The van der Waals surface area contributed by atoms with E-state index < -0.39 is 23.2 Å². The maximum Gasteiger partial charge on any atom is 0.501 e. The molecular formula is C29H36F3N5O3. The van der Waals surface area contributed by atoms with E-state index in [0.29, 0.717) is 24.3 Å². The maximum atomic E-state index is 12.9. The summed E-state index contributed by atoms with van der Waals surface area (Å²) in [5.74, 6) is -0.190. The Morgan fingerprint density at radius 1 is 1.05 bits per heavy atom. The van der Waals surface area contributed by atoms with Gasteiger partial charge in [0.2, 0.25) is 0 Å². The molecule has 0 heterocycles. The van der Waals surface area contributed by atoms with Gasteiger partial charge in [0.25, 0.3) is 0 Å². The number of nitrogens with zero attached hydrogens (tertiary/aromatic N) is 5. The minimum atomic E-state index is -5.06. The third kappa shape index (κ3) is 7.62. The number of hydrogen-bond acceptors (Lipinski definition) is 5. The first-order chi connectivity index (χ1) is 18.8. The number of hydrogen-bond donors (Lipinski definition) is 0. The normalized spacial score (nSPS) is 12.8. The van der Waals surface area contributed by atoms with Gasteiger partial charge in [0.1, 0.15) is 0 Å². The summed E-state index contributed by atoms with van der Waals surface area (Å²) in [4.78, 5) is 17.2. The van der Waals surface area contributed by atoms with Gasteiger partial charge in [-0.25, -0.2) is 0 Å². The number of benzene rings is 2. The molecule has 2 rings (SSSR count). The fourth-order valence-corrected chi connectivity index (χ4v) is 4.57. The largest absolute Gasteiger partial charge is 0.501 e. The third-order valence-corrected chi connectivity index (χ3v) is 7.18. The number of methoxy groups -OCH3 is 2. The van der Waals surface area contributed by atoms with Gasteiger partial charge < -0.3 is 24.8 Å². The number of rotatable bonds is 13. The number of ether oxygens (including phenoxy) is 2. The first-order valence-electron chi connectivity index (χ1n) is 12.8. The summed E-state index contributed by atoms with van der Waals surface area (Å²) < 4.78 is 49.4. The Kier molecular flexibility index (Phi) is 11.3. The molecule has 8 nitrogen and oxygen atoms in total. The van der Waals surface area contributed by atoms with Crippen LogP contribution in [-0.2, 0) is 16.6 Å². The summed E-state index contributed by atoms with van der Waals surface area (Å²) in [6.45, 7) is 5.57. The summed E-state index contributed by atoms with van der Waals surface area (Å²) in [6, 6.07) is 14.8. The van der Waals surface area contributed by atoms with Gasteiger partial charge in [-0.15, -0.1) is 0 Å². The zero-order valence-corrected chi connectivity index (χ0v) is 23.7. The van der Waals surface area contributed by atoms with E-state index in [-0.39, 0.29) is 11.6 Å². The molecule has 2 aromatic rings. The first-order valence-corrected chi connectivity index (χ1v) is 12.8. The van der Waals surface area contributed by atoms with E-state index in [1.165, 1.54) is 7.05 Å². The molecule has 0 aliphatic carbocycles. The number of anilines is 1. The monoisotopic (exact) mass is 559 g/mol. The lowest BCUT2D eigenvalue weighted by molar-refractivity contribution is -0.135. The maximum absolute atomic E-state index is 12.9. The molecule has 0 fully saturated rings. The highest BCUT2D eigenvalue weighted by atomic mass is 19.4. The topological polar surface area (TPSA) is 102 Å². The van der Waals surface area contributed by atoms with Crippen molar-refractivity contribution in [2.75, 3.05) is 46.3 Å². The van der Waals surface area contributed by atoms with E-state index in [1.807, 2.05) is 39.1 Å². The van der Waals surface area contributed by atoms with Gasteiger partial charge in [0, 0.05) is 19.3 Å². The summed E-state index contributed by atoms with van der Waals surface area (Å²) in [6.07, 6.45) is -2.93. The summed E-state index contributed by atoms with van der Waals surface area (Å²) >= 11 is 0. The van der Waals surface area contributed by atoms with E-state index in [0.717, 1.165) is 35.5 Å². The summed E-state index contributed by atoms with van der Waals surface area (Å²) in [7, 11) is 6.32. The zero-order valence-electron chi connectivity index (χ0n) is 23.7. The highest BCUT2D eigenvalue weighted by molar-refractivity contribution is 6.43. The van der Waals surface area contributed by atoms with Crippen LogP contribution < -0.4 is 14.4 Å². The Morgan fingerprint density at radius 2 is 1.68 bits per heavy atom. The molecule has 0 aromatic heterocycles. The Labute approximate surface area is 233 Å². The van der Waals surface area contributed by atoms with E-state index in [4.69, 9.17) is 15.0 Å². The average molecular weight is 560 g/mol. The van der Waals surface area contributed by atoms with Gasteiger partial charge in [0.15, 0.2) is 11.5 Å². The molecule has 11 heteroatoms. The van der Waals surface area contributed by atoms with Crippen molar-refractivity contribution < 1.29 is 32.2 Å². The SMILES string of the molecule is COc1ccc(C(C#N)(CCCN(C)CCc2ccc(N(C)C(=O)C(=[N+]=[N-])C(F)(F)F)cc2)C(C)C)cc1OC. The second-order valence-electron chi connectivity index (χ2n) is 9.94. The molecule has 0 aliphatic heterocycles. The minimum Gasteiger partial charge on any atom is -0.493 e. The fourth-order valence-electron chi connectivity index (χ4n) is 4.57. The quantitative estimate of drug-likeness (QED) is 0.189. The molecule has 2 aromatic carbocycles. The number of halogens is 3. The van der Waals surface area contributed by atoms with Crippen LogP contribution in [0, 0.1) is 17.2 Å². The lowest BCUT2D eigenvalue weighted by Gasteiger charge is -2.32. The molecule has 1 unspecified atom stereocenters. The summed E-state index contributed by atoms with van der Waals surface area (Å²) in [5, 5.41) is 10.3. The van der Waals surface area contributed by atoms with E-state index in [2.05, 4.69) is 15.8 Å². The Hall–Kier alpha value is -3.87. The van der Waals surface area contributed by atoms with Crippen molar-refractivity contribution in [1.82, 2.24) is 4.90 Å². The average Bonchev–Trinajstić information content (AvgIpc) is 2.93. The highest BCUT2D eigenvalue weighted by Crippen LogP contribution is 2.40. The van der Waals surface area contributed by atoms with Gasteiger partial charge in [-0.3, -0.25) is 4.79 Å². The smallest absolute Gasteiger partial charge is 0.493 e. The van der Waals surface area contributed by atoms with Crippen LogP contribution in [0.5, 0.6) is 11.5 Å². The first kappa shape index (κ1) is 32.3. The molecule has 40 heavy (non-hydrogen) atoms. The van der Waals surface area contributed by atoms with Crippen molar-refractivity contribution in [3.8, 4) is 17.6 Å². The standard InChI is InChI=1S/C29H36F3N5O3/c1-20(2)28(19-33,22-10-13-24(39-5)25(18-22)40-6)15-7-16-36(3)17-14-21-8-11-23(12-9-21)37(4)27(38)26(35-34)29(30,31)32/h8-13,18,20H,7,14-17H2,1-6H3. The van der Waals surface area contributed by atoms with Crippen molar-refractivity contribution in [2.24, 2.45) is 5.92 Å². The van der Waals surface area contributed by atoms with Crippen molar-refractivity contribution in [1.29, 1.82) is 5.26 Å². The number of likely N-dealkylation sites (N-methyl/N-ethyl adjacent to an activating group) is 1. The highest BCUT2D eigenvalue weighted by Gasteiger charge is 2.51. The molecular weight excluding hydrogens is 523 g/mol. The predicted molar refractivity (Wildman–Crippen MR) is 147 cm³/mol. The van der Waals surface area contributed by atoms with Crippen LogP contribution in [0.15, 0.2) is 42.5 Å². The Balaban J connectivity index is 1.99. The van der Waals surface area contributed by atoms with Gasteiger partial charge in [-0.2, -0.15) is 23.2 Å². The van der Waals surface area contributed by atoms with Crippen molar-refractivity contribution >= 4 is 17.3 Å². The molecule has 0 saturated heterocycles. The van der Waals surface area contributed by atoms with E-state index >= 15 is 0 Å². The molecule has 0 spiro atoms. The minimum absolute atomic E-state index is 0.0697. The van der Waals surface area contributed by atoms with E-state index in [9.17, 15) is 23.2 Å². The molecule has 1 atom stereocenters. The summed E-state index contributed by atoms with van der Waals surface area (Å²) in [5.41, 5.74) is 8.13. The predicted octanol–water partition coefficient (Wildman–Crippen LogP) is 5.27. The lowest BCUT2D eigenvalue weighted by atomic mass is 9.69. The number of carbonyl (C=O) groups is 1. The van der Waals surface area contributed by atoms with Gasteiger partial charge in [-0.1, -0.05) is 32.0 Å². The zero-order chi connectivity index (χ0) is 30.1. The second kappa shape index (κ2) is 14.0. The molecule has 0 saturated carbocycles. The second-order valence-corrected chi connectivity index (χ2v) is 9.94. The Morgan fingerprint density at radius 3 is 2.17 bits per heavy atom. The third-order valence-electron chi connectivity index (χ3n) is 7.18. The fraction of sp³-hybridized carbons (Fsp3) is 0.483. The molecule has 0 bridgehead atoms. The van der Waals surface area contributed by atoms with Crippen LogP contribution in [0.1, 0.15) is 37.8 Å². The number of carbonyl (C=O) groups excluding carboxylic acids is 1. The molecule has 0 N–H and O–H groups in total. The van der Waals surface area contributed by atoms with Gasteiger partial charge in [0.05, 0.1) is 25.7 Å². The molecule has 1 amide bonds. The van der Waals surface area contributed by atoms with E-state index in [1.54, 1.807) is 38.5 Å². The van der Waals surface area contributed by atoms with Crippen LogP contribution in [-0.4, -0.2) is 68.9 Å². The molecule has 0 aliphatic rings. The number of alkyl halides is 3. The number of amides is 1. The Bertz CT molecular complexity index is 1250. The molecule has 216 valence electrons. The van der Waals surface area contributed by atoms with Crippen molar-refractivity contribution in [2.45, 2.75) is 44.7 Å². The van der Waals surface area contributed by atoms with Crippen LogP contribution in [0.4, 0.5) is 18.9 Å². The molecule has 0 radical (unpaired) electrons. The van der Waals surface area contributed by atoms with Crippen LogP contribution in [0.3, 0.4) is 0 Å². The lowest BCUT2D eigenvalue weighted by Crippen LogP contribution is -2.42. The van der Waals surface area contributed by atoms with Gasteiger partial charge in [-0.05, 0) is 74.2 Å². The number of nitriles is 1. The van der Waals surface area contributed by atoms with Crippen molar-refractivity contribution in [3.63, 3.8) is 0 Å². The van der Waals surface area contributed by atoms with Crippen molar-refractivity contribution in [3.05, 3.63) is 59.1 Å². The van der Waals surface area contributed by atoms with Crippen LogP contribution in [0.2, 0.25) is 0 Å². The van der Waals surface area contributed by atoms with Gasteiger partial charge >= 0.3 is 17.8 Å². The van der Waals surface area contributed by atoms with Crippen LogP contribution in [0.25, 0.3) is 5.53 Å². The van der Waals surface area contributed by atoms with Crippen LogP contribution >= 0.6 is 0 Å².